The van der Waals surface area contributed by atoms with Crippen molar-refractivity contribution in [1.82, 2.24) is 4.90 Å². The van der Waals surface area contributed by atoms with Crippen molar-refractivity contribution in [1.29, 1.82) is 0 Å². The van der Waals surface area contributed by atoms with Crippen LogP contribution in [0.4, 0.5) is 4.79 Å². The molecule has 2 aliphatic heterocycles. The van der Waals surface area contributed by atoms with E-state index in [1.807, 2.05) is 13.8 Å². The number of amides is 2. The first-order chi connectivity index (χ1) is 15.4. The van der Waals surface area contributed by atoms with E-state index in [1.54, 1.807) is 30.3 Å². The fraction of sp³-hybridized carbons (Fsp3) is 0.273. The van der Waals surface area contributed by atoms with Gasteiger partial charge in [0.25, 0.3) is 11.1 Å². The molecule has 0 N–H and O–H groups in total. The van der Waals surface area contributed by atoms with E-state index in [4.69, 9.17) is 42.1 Å². The van der Waals surface area contributed by atoms with Gasteiger partial charge in [-0.05, 0) is 61.0 Å². The Morgan fingerprint density at radius 1 is 1.03 bits per heavy atom. The number of benzene rings is 2. The standard InChI is InChI=1S/C22H19Cl2NO6S/c1-3-28-18-6-12(5-15(24)20(18)29-4-2)7-19-21(26)25(22(27)32-19)10-13-8-16-17(9-14(13)23)31-11-30-16/h5-9H,3-4,10-11H2,1-2H3/b19-7+. The number of thioether (sulfide) groups is 1. The molecule has 7 nitrogen and oxygen atoms in total. The number of carbonyl (C=O) groups excluding carboxylic acids is 2. The summed E-state index contributed by atoms with van der Waals surface area (Å²) in [5.41, 5.74) is 1.20. The number of fused-ring (bicyclic) bond motifs is 1. The van der Waals surface area contributed by atoms with Crippen LogP contribution in [0.1, 0.15) is 25.0 Å². The number of carbonyl (C=O) groups is 2. The second kappa shape index (κ2) is 9.52. The van der Waals surface area contributed by atoms with Crippen LogP contribution in [0.3, 0.4) is 0 Å². The summed E-state index contributed by atoms with van der Waals surface area (Å²) in [5.74, 6) is 1.56. The van der Waals surface area contributed by atoms with Gasteiger partial charge in [0.1, 0.15) is 0 Å². The monoisotopic (exact) mass is 495 g/mol. The third kappa shape index (κ3) is 4.48. The lowest BCUT2D eigenvalue weighted by molar-refractivity contribution is -0.123. The van der Waals surface area contributed by atoms with Crippen LogP contribution in [0.2, 0.25) is 10.0 Å². The topological polar surface area (TPSA) is 74.3 Å². The van der Waals surface area contributed by atoms with Gasteiger partial charge >= 0.3 is 0 Å². The highest BCUT2D eigenvalue weighted by Gasteiger charge is 2.36. The zero-order chi connectivity index (χ0) is 22.8. The molecule has 4 rings (SSSR count). The SMILES string of the molecule is CCOc1cc(/C=C2/SC(=O)N(Cc3cc4c(cc3Cl)OCO4)C2=O)cc(Cl)c1OCC. The lowest BCUT2D eigenvalue weighted by atomic mass is 10.1. The minimum Gasteiger partial charge on any atom is -0.490 e. The van der Waals surface area contributed by atoms with Crippen LogP contribution >= 0.6 is 35.0 Å². The molecule has 0 spiro atoms. The first-order valence-electron chi connectivity index (χ1n) is 9.83. The maximum atomic E-state index is 13.0. The first-order valence-corrected chi connectivity index (χ1v) is 11.4. The molecule has 0 aliphatic carbocycles. The molecule has 2 aromatic carbocycles. The molecule has 1 fully saturated rings. The van der Waals surface area contributed by atoms with Crippen molar-refractivity contribution in [3.05, 3.63) is 50.3 Å². The maximum Gasteiger partial charge on any atom is 0.293 e. The highest BCUT2D eigenvalue weighted by molar-refractivity contribution is 8.18. The summed E-state index contributed by atoms with van der Waals surface area (Å²) in [7, 11) is 0. The smallest absolute Gasteiger partial charge is 0.293 e. The molecule has 168 valence electrons. The van der Waals surface area contributed by atoms with Crippen LogP contribution in [-0.2, 0) is 11.3 Å². The van der Waals surface area contributed by atoms with Gasteiger partial charge in [-0.15, -0.1) is 0 Å². The van der Waals surface area contributed by atoms with Gasteiger partial charge in [-0.25, -0.2) is 0 Å². The molecule has 0 bridgehead atoms. The summed E-state index contributed by atoms with van der Waals surface area (Å²) in [4.78, 5) is 26.9. The normalized spacial score (nSPS) is 16.2. The first kappa shape index (κ1) is 22.6. The average molecular weight is 496 g/mol. The zero-order valence-corrected chi connectivity index (χ0v) is 19.6. The Labute approximate surface area is 199 Å². The van der Waals surface area contributed by atoms with Crippen molar-refractivity contribution >= 4 is 52.2 Å². The van der Waals surface area contributed by atoms with Gasteiger partial charge in [0.05, 0.1) is 29.7 Å². The number of ether oxygens (including phenoxy) is 4. The average Bonchev–Trinajstić information content (AvgIpc) is 3.30. The molecule has 2 heterocycles. The molecular formula is C22H19Cl2NO6S. The fourth-order valence-electron chi connectivity index (χ4n) is 3.26. The molecule has 2 aliphatic rings. The van der Waals surface area contributed by atoms with Crippen LogP contribution in [-0.4, -0.2) is 36.1 Å². The van der Waals surface area contributed by atoms with Crippen LogP contribution in [0.25, 0.3) is 6.08 Å². The molecule has 0 radical (unpaired) electrons. The highest BCUT2D eigenvalue weighted by Crippen LogP contribution is 2.41. The Kier molecular flexibility index (Phi) is 6.74. The second-order valence-corrected chi connectivity index (χ2v) is 8.57. The van der Waals surface area contributed by atoms with E-state index in [9.17, 15) is 9.59 Å². The predicted molar refractivity (Wildman–Crippen MR) is 123 cm³/mol. The molecular weight excluding hydrogens is 477 g/mol. The third-order valence-corrected chi connectivity index (χ3v) is 6.20. The lowest BCUT2D eigenvalue weighted by Gasteiger charge is -2.14. The molecule has 0 atom stereocenters. The molecule has 2 aromatic rings. The molecule has 0 saturated carbocycles. The van der Waals surface area contributed by atoms with Crippen molar-refractivity contribution in [3.8, 4) is 23.0 Å². The Hall–Kier alpha value is -2.55. The number of nitrogens with zero attached hydrogens (tertiary/aromatic N) is 1. The Balaban J connectivity index is 1.59. The van der Waals surface area contributed by atoms with Crippen molar-refractivity contribution in [2.75, 3.05) is 20.0 Å². The third-order valence-electron chi connectivity index (χ3n) is 4.66. The molecule has 2 amide bonds. The molecule has 32 heavy (non-hydrogen) atoms. The second-order valence-electron chi connectivity index (χ2n) is 6.76. The Morgan fingerprint density at radius 3 is 2.47 bits per heavy atom. The summed E-state index contributed by atoms with van der Waals surface area (Å²) in [6, 6.07) is 6.68. The summed E-state index contributed by atoms with van der Waals surface area (Å²) < 4.78 is 21.8. The summed E-state index contributed by atoms with van der Waals surface area (Å²) in [6.07, 6.45) is 1.61. The van der Waals surface area contributed by atoms with Crippen molar-refractivity contribution in [2.24, 2.45) is 0 Å². The molecule has 1 saturated heterocycles. The van der Waals surface area contributed by atoms with Gasteiger partial charge in [0.2, 0.25) is 6.79 Å². The number of rotatable bonds is 7. The van der Waals surface area contributed by atoms with Crippen LogP contribution in [0.15, 0.2) is 29.2 Å². The number of hydrogen-bond donors (Lipinski definition) is 0. The minimum atomic E-state index is -0.420. The zero-order valence-electron chi connectivity index (χ0n) is 17.3. The van der Waals surface area contributed by atoms with Gasteiger partial charge in [-0.3, -0.25) is 14.5 Å². The van der Waals surface area contributed by atoms with Gasteiger partial charge < -0.3 is 18.9 Å². The van der Waals surface area contributed by atoms with Crippen molar-refractivity contribution < 1.29 is 28.5 Å². The van der Waals surface area contributed by atoms with E-state index in [2.05, 4.69) is 0 Å². The largest absolute Gasteiger partial charge is 0.490 e. The maximum absolute atomic E-state index is 13.0. The number of halogens is 2. The highest BCUT2D eigenvalue weighted by atomic mass is 35.5. The summed E-state index contributed by atoms with van der Waals surface area (Å²) >= 11 is 13.5. The van der Waals surface area contributed by atoms with Crippen LogP contribution in [0.5, 0.6) is 23.0 Å². The van der Waals surface area contributed by atoms with E-state index in [0.717, 1.165) is 16.7 Å². The van der Waals surface area contributed by atoms with Gasteiger partial charge in [0, 0.05) is 11.1 Å². The van der Waals surface area contributed by atoms with E-state index in [-0.39, 0.29) is 18.2 Å². The van der Waals surface area contributed by atoms with Crippen molar-refractivity contribution in [2.45, 2.75) is 20.4 Å². The number of hydrogen-bond acceptors (Lipinski definition) is 7. The predicted octanol–water partition coefficient (Wildman–Crippen LogP) is 5.76. The van der Waals surface area contributed by atoms with E-state index in [0.29, 0.717) is 57.4 Å². The van der Waals surface area contributed by atoms with Gasteiger partial charge in [-0.2, -0.15) is 0 Å². The quantitative estimate of drug-likeness (QED) is 0.452. The van der Waals surface area contributed by atoms with E-state index < -0.39 is 11.1 Å². The van der Waals surface area contributed by atoms with Crippen molar-refractivity contribution in [3.63, 3.8) is 0 Å². The summed E-state index contributed by atoms with van der Waals surface area (Å²) in [5, 5.41) is 0.351. The molecule has 10 heteroatoms. The van der Waals surface area contributed by atoms with Crippen LogP contribution in [0, 0.1) is 0 Å². The van der Waals surface area contributed by atoms with E-state index in [1.165, 1.54) is 0 Å². The summed E-state index contributed by atoms with van der Waals surface area (Å²) in [6.45, 7) is 4.68. The van der Waals surface area contributed by atoms with Gasteiger partial charge in [-0.1, -0.05) is 23.2 Å². The minimum absolute atomic E-state index is 0.0196. The van der Waals surface area contributed by atoms with Gasteiger partial charge in [0.15, 0.2) is 23.0 Å². The lowest BCUT2D eigenvalue weighted by Crippen LogP contribution is -2.27. The molecule has 0 unspecified atom stereocenters. The molecule has 0 aromatic heterocycles. The fourth-order valence-corrected chi connectivity index (χ4v) is 4.58. The van der Waals surface area contributed by atoms with E-state index >= 15 is 0 Å². The van der Waals surface area contributed by atoms with Crippen LogP contribution < -0.4 is 18.9 Å². The Bertz CT molecular complexity index is 1120. The number of imide groups is 1. The Morgan fingerprint density at radius 2 is 1.75 bits per heavy atom.